The van der Waals surface area contributed by atoms with Crippen LogP contribution >= 0.6 is 0 Å². The van der Waals surface area contributed by atoms with Crippen LogP contribution < -0.4 is 0 Å². The Morgan fingerprint density at radius 1 is 0.193 bits per heavy atom. The van der Waals surface area contributed by atoms with Crippen LogP contribution in [0.5, 0.6) is 0 Å². The molecule has 0 rings (SSSR count). The van der Waals surface area contributed by atoms with Crippen LogP contribution in [0.2, 0.25) is 0 Å². The van der Waals surface area contributed by atoms with Gasteiger partial charge in [-0.25, -0.2) is 0 Å². The first-order valence-corrected chi connectivity index (χ1v) is 37.1. The Morgan fingerprint density at radius 2 is 0.330 bits per heavy atom. The minimum atomic E-state index is -0.0492. The summed E-state index contributed by atoms with van der Waals surface area (Å²) >= 11 is 0. The molecular weight excluding hydrogens is 1090 g/mol. The second-order valence-corrected chi connectivity index (χ2v) is 23.3. The normalized spacial score (nSPS) is 11.5. The summed E-state index contributed by atoms with van der Waals surface area (Å²) in [5.41, 5.74) is 0. The van der Waals surface area contributed by atoms with E-state index in [1.165, 1.54) is 212 Å². The number of hydrogen-bond acceptors (Lipinski definition) is 8. The van der Waals surface area contributed by atoms with Gasteiger partial charge < -0.3 is 18.9 Å². The largest absolute Gasteiger partial charge is 0.466 e. The summed E-state index contributed by atoms with van der Waals surface area (Å²) in [5, 5.41) is 0. The van der Waals surface area contributed by atoms with Gasteiger partial charge in [-0.1, -0.05) is 279 Å². The van der Waals surface area contributed by atoms with Crippen molar-refractivity contribution in [2.75, 3.05) is 26.4 Å². The molecule has 0 aliphatic carbocycles. The van der Waals surface area contributed by atoms with Gasteiger partial charge in [-0.05, 0) is 156 Å². The van der Waals surface area contributed by atoms with Gasteiger partial charge in [0.25, 0.3) is 0 Å². The van der Waals surface area contributed by atoms with Crippen molar-refractivity contribution in [1.82, 2.24) is 0 Å². The molecule has 0 aromatic rings. The van der Waals surface area contributed by atoms with Crippen LogP contribution in [0.3, 0.4) is 0 Å². The lowest BCUT2D eigenvalue weighted by atomic mass is 10.1. The number of unbranched alkanes of at least 4 members (excludes halogenated alkanes) is 36. The molecule has 0 heterocycles. The maximum Gasteiger partial charge on any atom is 0.305 e. The molecule has 0 aliphatic heterocycles. The minimum Gasteiger partial charge on any atom is -0.466 e. The van der Waals surface area contributed by atoms with Crippen LogP contribution in [0.15, 0.2) is 97.2 Å². The van der Waals surface area contributed by atoms with Crippen LogP contribution in [-0.4, -0.2) is 50.3 Å². The Morgan fingerprint density at radius 3 is 0.500 bits per heavy atom. The van der Waals surface area contributed by atoms with Gasteiger partial charge in [0, 0.05) is 25.7 Å². The molecule has 0 unspecified atom stereocenters. The summed E-state index contributed by atoms with van der Waals surface area (Å²) in [6.07, 6.45) is 92.3. The molecule has 0 radical (unpaired) electrons. The number of carbonyl (C=O) groups excluding carboxylic acids is 4. The molecule has 0 saturated carbocycles. The van der Waals surface area contributed by atoms with Gasteiger partial charge in [0.05, 0.1) is 26.4 Å². The molecular formula is C80H144O8. The Kier molecular flexibility index (Phi) is 89.2. The topological polar surface area (TPSA) is 105 Å². The van der Waals surface area contributed by atoms with E-state index in [-0.39, 0.29) is 23.9 Å². The van der Waals surface area contributed by atoms with Crippen LogP contribution in [0.1, 0.15) is 364 Å². The molecule has 0 amide bonds. The first kappa shape index (κ1) is 90.2. The number of ether oxygens (including phenoxy) is 4. The summed E-state index contributed by atoms with van der Waals surface area (Å²) < 4.78 is 19.6. The fourth-order valence-corrected chi connectivity index (χ4v) is 9.33. The van der Waals surface area contributed by atoms with Crippen LogP contribution in [0.25, 0.3) is 0 Å². The van der Waals surface area contributed by atoms with E-state index in [0.717, 1.165) is 70.6 Å². The molecule has 0 spiro atoms. The highest BCUT2D eigenvalue weighted by molar-refractivity contribution is 5.70. The van der Waals surface area contributed by atoms with Gasteiger partial charge in [0.1, 0.15) is 0 Å². The van der Waals surface area contributed by atoms with Gasteiger partial charge >= 0.3 is 23.9 Å². The highest BCUT2D eigenvalue weighted by Crippen LogP contribution is 2.13. The average Bonchev–Trinajstić information content (AvgIpc) is 3.52. The van der Waals surface area contributed by atoms with E-state index in [1.54, 1.807) is 0 Å². The Balaban J connectivity index is -0.000000535. The Hall–Kier alpha value is -4.20. The predicted molar refractivity (Wildman–Crippen MR) is 384 cm³/mol. The van der Waals surface area contributed by atoms with Gasteiger partial charge in [-0.3, -0.25) is 19.2 Å². The summed E-state index contributed by atoms with van der Waals surface area (Å²) in [5.74, 6) is -0.193. The zero-order valence-electron chi connectivity index (χ0n) is 59.3. The number of esters is 4. The summed E-state index contributed by atoms with van der Waals surface area (Å²) in [4.78, 5) is 44.6. The van der Waals surface area contributed by atoms with Gasteiger partial charge in [0.2, 0.25) is 0 Å². The molecule has 88 heavy (non-hydrogen) atoms. The highest BCUT2D eigenvalue weighted by atomic mass is 16.5. The molecule has 0 aliphatic rings. The lowest BCUT2D eigenvalue weighted by Gasteiger charge is -2.02. The number of hydrogen-bond donors (Lipinski definition) is 0. The molecule has 0 fully saturated rings. The third-order valence-corrected chi connectivity index (χ3v) is 14.7. The molecule has 0 bridgehead atoms. The van der Waals surface area contributed by atoms with E-state index in [2.05, 4.69) is 125 Å². The zero-order chi connectivity index (χ0) is 65.2. The van der Waals surface area contributed by atoms with Crippen molar-refractivity contribution in [3.8, 4) is 0 Å². The van der Waals surface area contributed by atoms with Crippen molar-refractivity contribution in [1.29, 1.82) is 0 Å². The standard InChI is InChI=1S/4C20H36O2/c4*1-3-5-6-7-8-9-10-11-12-13-14-15-16-17-18-19-20(21)22-4-2/h3*9-12H,3-8,13-19H2,1-2H3;8-11H,3-7,12-19H2,1-2H3/b10-9+,12-11-;10-9-,12-11+;10-9-,12-11-;9-8-,11-10+. The Bertz CT molecular complexity index is 1510. The van der Waals surface area contributed by atoms with E-state index in [0.29, 0.717) is 52.1 Å². The molecule has 8 nitrogen and oxygen atoms in total. The molecule has 0 N–H and O–H groups in total. The SMILES string of the molecule is CCCCC/C=C\C=C\CCCCCCCCC(=O)OCC.CCCCCC/C=C/C=C\CCCCCCCC(=O)OCC.CCCCCC/C=C\C=C/CCCCCCCC(=O)OCC.CCCCCC/C=C\C=C\CCCCCCCC(=O)OCC. The second kappa shape index (κ2) is 87.0. The maximum atomic E-state index is 11.1. The van der Waals surface area contributed by atoms with E-state index in [1.807, 2.05) is 27.7 Å². The quantitative estimate of drug-likeness (QED) is 0.0257. The average molecular weight is 1230 g/mol. The van der Waals surface area contributed by atoms with Gasteiger partial charge in [-0.2, -0.15) is 0 Å². The lowest BCUT2D eigenvalue weighted by Crippen LogP contribution is -2.03. The van der Waals surface area contributed by atoms with E-state index in [4.69, 9.17) is 18.9 Å². The van der Waals surface area contributed by atoms with E-state index < -0.39 is 0 Å². The first-order chi connectivity index (χ1) is 43.2. The van der Waals surface area contributed by atoms with Gasteiger partial charge in [-0.15, -0.1) is 0 Å². The third-order valence-electron chi connectivity index (χ3n) is 14.7. The van der Waals surface area contributed by atoms with E-state index >= 15 is 0 Å². The zero-order valence-corrected chi connectivity index (χ0v) is 59.3. The number of carbonyl (C=O) groups is 4. The Labute approximate surface area is 546 Å². The monoisotopic (exact) mass is 1230 g/mol. The maximum absolute atomic E-state index is 11.1. The summed E-state index contributed by atoms with van der Waals surface area (Å²) in [6, 6.07) is 0. The third kappa shape index (κ3) is 92.9. The van der Waals surface area contributed by atoms with Crippen molar-refractivity contribution in [3.63, 3.8) is 0 Å². The molecule has 512 valence electrons. The number of rotatable bonds is 60. The van der Waals surface area contributed by atoms with Crippen molar-refractivity contribution in [2.45, 2.75) is 364 Å². The lowest BCUT2D eigenvalue weighted by molar-refractivity contribution is -0.144. The molecule has 8 heteroatoms. The van der Waals surface area contributed by atoms with Crippen LogP contribution in [0.4, 0.5) is 0 Å². The van der Waals surface area contributed by atoms with Crippen LogP contribution in [0, 0.1) is 0 Å². The second-order valence-electron chi connectivity index (χ2n) is 23.3. The molecule has 0 saturated heterocycles. The van der Waals surface area contributed by atoms with Crippen molar-refractivity contribution >= 4 is 23.9 Å². The van der Waals surface area contributed by atoms with Crippen molar-refractivity contribution in [2.24, 2.45) is 0 Å². The smallest absolute Gasteiger partial charge is 0.305 e. The number of allylic oxidation sites excluding steroid dienone is 16. The van der Waals surface area contributed by atoms with Crippen molar-refractivity contribution < 1.29 is 38.1 Å². The summed E-state index contributed by atoms with van der Waals surface area (Å²) in [7, 11) is 0. The highest BCUT2D eigenvalue weighted by Gasteiger charge is 2.03. The van der Waals surface area contributed by atoms with Gasteiger partial charge in [0.15, 0.2) is 0 Å². The predicted octanol–water partition coefficient (Wildman–Crippen LogP) is 25.5. The molecule has 0 aromatic carbocycles. The fraction of sp³-hybridized carbons (Fsp3) is 0.750. The van der Waals surface area contributed by atoms with Crippen molar-refractivity contribution in [3.05, 3.63) is 97.2 Å². The van der Waals surface area contributed by atoms with E-state index in [9.17, 15) is 19.2 Å². The first-order valence-electron chi connectivity index (χ1n) is 37.1. The van der Waals surface area contributed by atoms with Crippen LogP contribution in [-0.2, 0) is 38.1 Å². The summed E-state index contributed by atoms with van der Waals surface area (Å²) in [6.45, 7) is 18.4. The fourth-order valence-electron chi connectivity index (χ4n) is 9.33. The molecule has 0 atom stereocenters. The molecule has 0 aromatic heterocycles. The minimum absolute atomic E-state index is 0.0459.